The van der Waals surface area contributed by atoms with Crippen molar-refractivity contribution in [2.45, 2.75) is 6.92 Å². The van der Waals surface area contributed by atoms with E-state index >= 15 is 0 Å². The molecule has 0 saturated heterocycles. The standard InChI is InChI=1S/C12H8ClN3OS/c1-7-6-18-11(10(7)13)12(17)16-9-3-2-8(4-14)5-15-9/h2-3,5-6H,1H3,(H,15,16,17). The zero-order valence-corrected chi connectivity index (χ0v) is 11.0. The highest BCUT2D eigenvalue weighted by atomic mass is 35.5. The summed E-state index contributed by atoms with van der Waals surface area (Å²) in [6.07, 6.45) is 1.40. The van der Waals surface area contributed by atoms with Crippen LogP contribution < -0.4 is 5.32 Å². The van der Waals surface area contributed by atoms with Gasteiger partial charge < -0.3 is 5.32 Å². The molecule has 2 rings (SSSR count). The van der Waals surface area contributed by atoms with Gasteiger partial charge in [-0.3, -0.25) is 4.79 Å². The number of aromatic nitrogens is 1. The van der Waals surface area contributed by atoms with Gasteiger partial charge in [0, 0.05) is 6.20 Å². The zero-order valence-electron chi connectivity index (χ0n) is 9.40. The number of nitriles is 1. The van der Waals surface area contributed by atoms with E-state index in [2.05, 4.69) is 10.3 Å². The van der Waals surface area contributed by atoms with Crippen LogP contribution in [0.2, 0.25) is 5.02 Å². The SMILES string of the molecule is Cc1csc(C(=O)Nc2ccc(C#N)cn2)c1Cl. The van der Waals surface area contributed by atoms with Crippen molar-refractivity contribution in [1.29, 1.82) is 5.26 Å². The predicted octanol–water partition coefficient (Wildman–Crippen LogP) is 3.23. The van der Waals surface area contributed by atoms with Crippen LogP contribution in [0, 0.1) is 18.3 Å². The molecule has 1 N–H and O–H groups in total. The quantitative estimate of drug-likeness (QED) is 0.916. The van der Waals surface area contributed by atoms with Gasteiger partial charge in [-0.25, -0.2) is 4.98 Å². The van der Waals surface area contributed by atoms with Crippen LogP contribution in [0.1, 0.15) is 20.8 Å². The number of thiophene rings is 1. The lowest BCUT2D eigenvalue weighted by molar-refractivity contribution is 0.103. The van der Waals surface area contributed by atoms with Gasteiger partial charge in [0.15, 0.2) is 0 Å². The Labute approximate surface area is 113 Å². The van der Waals surface area contributed by atoms with Gasteiger partial charge in [0.2, 0.25) is 0 Å². The van der Waals surface area contributed by atoms with Crippen LogP contribution in [0.3, 0.4) is 0 Å². The summed E-state index contributed by atoms with van der Waals surface area (Å²) in [5.41, 5.74) is 1.32. The van der Waals surface area contributed by atoms with Gasteiger partial charge in [-0.2, -0.15) is 5.26 Å². The minimum absolute atomic E-state index is 0.296. The van der Waals surface area contributed by atoms with E-state index in [0.717, 1.165) is 5.56 Å². The van der Waals surface area contributed by atoms with Crippen LogP contribution in [0.5, 0.6) is 0 Å². The third-order valence-electron chi connectivity index (χ3n) is 2.24. The Bertz CT molecular complexity index is 628. The summed E-state index contributed by atoms with van der Waals surface area (Å²) in [6, 6.07) is 5.12. The number of hydrogen-bond donors (Lipinski definition) is 1. The second-order valence-corrected chi connectivity index (χ2v) is 4.82. The topological polar surface area (TPSA) is 65.8 Å². The molecule has 0 aliphatic rings. The summed E-state index contributed by atoms with van der Waals surface area (Å²) >= 11 is 7.29. The smallest absolute Gasteiger partial charge is 0.268 e. The van der Waals surface area contributed by atoms with E-state index in [-0.39, 0.29) is 5.91 Å². The van der Waals surface area contributed by atoms with E-state index in [9.17, 15) is 4.79 Å². The summed E-state index contributed by atoms with van der Waals surface area (Å²) in [4.78, 5) is 16.3. The Morgan fingerprint density at radius 2 is 2.33 bits per heavy atom. The minimum Gasteiger partial charge on any atom is -0.306 e. The summed E-state index contributed by atoms with van der Waals surface area (Å²) < 4.78 is 0. The van der Waals surface area contributed by atoms with Crippen molar-refractivity contribution >= 4 is 34.7 Å². The molecule has 0 aromatic carbocycles. The Morgan fingerprint density at radius 1 is 1.56 bits per heavy atom. The number of hydrogen-bond acceptors (Lipinski definition) is 4. The number of pyridine rings is 1. The molecule has 18 heavy (non-hydrogen) atoms. The first-order valence-electron chi connectivity index (χ1n) is 5.03. The molecule has 0 fully saturated rings. The fourth-order valence-electron chi connectivity index (χ4n) is 1.29. The lowest BCUT2D eigenvalue weighted by Crippen LogP contribution is -2.11. The largest absolute Gasteiger partial charge is 0.306 e. The van der Waals surface area contributed by atoms with Crippen molar-refractivity contribution in [1.82, 2.24) is 4.98 Å². The molecule has 2 aromatic heterocycles. The van der Waals surface area contributed by atoms with Crippen LogP contribution in [0.25, 0.3) is 0 Å². The van der Waals surface area contributed by atoms with Crippen LogP contribution in [-0.4, -0.2) is 10.9 Å². The number of anilines is 1. The van der Waals surface area contributed by atoms with Gasteiger partial charge in [0.25, 0.3) is 5.91 Å². The van der Waals surface area contributed by atoms with E-state index in [1.807, 2.05) is 18.4 Å². The molecule has 0 bridgehead atoms. The maximum atomic E-state index is 11.9. The fraction of sp³-hybridized carbons (Fsp3) is 0.0833. The first-order chi connectivity index (χ1) is 8.61. The summed E-state index contributed by atoms with van der Waals surface area (Å²) in [7, 11) is 0. The molecule has 0 atom stereocenters. The molecule has 6 heteroatoms. The van der Waals surface area contributed by atoms with Crippen molar-refractivity contribution in [3.05, 3.63) is 44.7 Å². The lowest BCUT2D eigenvalue weighted by Gasteiger charge is -2.02. The number of nitrogens with one attached hydrogen (secondary N) is 1. The molecule has 2 aromatic rings. The molecular formula is C12H8ClN3OS. The highest BCUT2D eigenvalue weighted by Crippen LogP contribution is 2.27. The van der Waals surface area contributed by atoms with Crippen molar-refractivity contribution in [3.8, 4) is 6.07 Å². The average Bonchev–Trinajstić information content (AvgIpc) is 2.71. The summed E-state index contributed by atoms with van der Waals surface area (Å²) in [5, 5.41) is 13.6. The normalized spacial score (nSPS) is 9.83. The van der Waals surface area contributed by atoms with Gasteiger partial charge in [0.05, 0.1) is 10.6 Å². The van der Waals surface area contributed by atoms with Crippen LogP contribution in [-0.2, 0) is 0 Å². The Balaban J connectivity index is 2.16. The molecule has 0 radical (unpaired) electrons. The van der Waals surface area contributed by atoms with E-state index < -0.39 is 0 Å². The first-order valence-corrected chi connectivity index (χ1v) is 6.28. The highest BCUT2D eigenvalue weighted by molar-refractivity contribution is 7.13. The van der Waals surface area contributed by atoms with E-state index in [1.165, 1.54) is 17.5 Å². The molecule has 2 heterocycles. The number of rotatable bonds is 2. The van der Waals surface area contributed by atoms with E-state index in [1.54, 1.807) is 12.1 Å². The van der Waals surface area contributed by atoms with Gasteiger partial charge in [-0.1, -0.05) is 11.6 Å². The van der Waals surface area contributed by atoms with E-state index in [4.69, 9.17) is 16.9 Å². The number of carbonyl (C=O) groups excluding carboxylic acids is 1. The molecular weight excluding hydrogens is 270 g/mol. The molecule has 0 aliphatic carbocycles. The van der Waals surface area contributed by atoms with Gasteiger partial charge in [0.1, 0.15) is 16.8 Å². The van der Waals surface area contributed by atoms with Gasteiger partial charge >= 0.3 is 0 Å². The fourth-order valence-corrected chi connectivity index (χ4v) is 2.46. The second kappa shape index (κ2) is 5.17. The third-order valence-corrected chi connectivity index (χ3v) is 3.94. The second-order valence-electron chi connectivity index (χ2n) is 3.56. The molecule has 0 aliphatic heterocycles. The summed E-state index contributed by atoms with van der Waals surface area (Å²) in [6.45, 7) is 1.84. The highest BCUT2D eigenvalue weighted by Gasteiger charge is 2.14. The Morgan fingerprint density at radius 3 is 2.83 bits per heavy atom. The number of carbonyl (C=O) groups is 1. The molecule has 4 nitrogen and oxygen atoms in total. The lowest BCUT2D eigenvalue weighted by atomic mass is 10.3. The molecule has 0 unspecified atom stereocenters. The number of nitrogens with zero attached hydrogens (tertiary/aromatic N) is 2. The predicted molar refractivity (Wildman–Crippen MR) is 71.0 cm³/mol. The molecule has 1 amide bonds. The van der Waals surface area contributed by atoms with Crippen LogP contribution in [0.4, 0.5) is 5.82 Å². The van der Waals surface area contributed by atoms with Gasteiger partial charge in [-0.05, 0) is 30.0 Å². The molecule has 0 spiro atoms. The summed E-state index contributed by atoms with van der Waals surface area (Å²) in [5.74, 6) is 0.0939. The van der Waals surface area contributed by atoms with Crippen molar-refractivity contribution in [2.24, 2.45) is 0 Å². The van der Waals surface area contributed by atoms with Crippen molar-refractivity contribution < 1.29 is 4.79 Å². The molecule has 0 saturated carbocycles. The first kappa shape index (κ1) is 12.6. The maximum absolute atomic E-state index is 11.9. The Hall–Kier alpha value is -1.90. The van der Waals surface area contributed by atoms with Crippen LogP contribution >= 0.6 is 22.9 Å². The van der Waals surface area contributed by atoms with Crippen molar-refractivity contribution in [2.75, 3.05) is 5.32 Å². The van der Waals surface area contributed by atoms with Gasteiger partial charge in [-0.15, -0.1) is 11.3 Å². The van der Waals surface area contributed by atoms with Crippen molar-refractivity contribution in [3.63, 3.8) is 0 Å². The van der Waals surface area contributed by atoms with E-state index in [0.29, 0.717) is 21.3 Å². The number of halogens is 1. The Kier molecular flexibility index (Phi) is 3.60. The third kappa shape index (κ3) is 2.50. The monoisotopic (exact) mass is 277 g/mol. The number of amides is 1. The number of aryl methyl sites for hydroxylation is 1. The average molecular weight is 278 g/mol. The van der Waals surface area contributed by atoms with Crippen LogP contribution in [0.15, 0.2) is 23.7 Å². The zero-order chi connectivity index (χ0) is 13.1. The minimum atomic E-state index is -0.296. The maximum Gasteiger partial charge on any atom is 0.268 e. The molecule has 90 valence electrons.